The summed E-state index contributed by atoms with van der Waals surface area (Å²) >= 11 is 6.08. The van der Waals surface area contributed by atoms with E-state index in [0.29, 0.717) is 17.0 Å². The Balaban J connectivity index is 2.22. The van der Waals surface area contributed by atoms with E-state index in [0.717, 1.165) is 26.2 Å². The Labute approximate surface area is 124 Å². The molecule has 108 valence electrons. The Bertz CT molecular complexity index is 500. The lowest BCUT2D eigenvalue weighted by Crippen LogP contribution is -2.55. The van der Waals surface area contributed by atoms with Gasteiger partial charge in [0.1, 0.15) is 11.4 Å². The van der Waals surface area contributed by atoms with Crippen molar-refractivity contribution < 1.29 is 4.39 Å². The van der Waals surface area contributed by atoms with E-state index in [4.69, 9.17) is 11.6 Å². The van der Waals surface area contributed by atoms with Gasteiger partial charge in [0.2, 0.25) is 0 Å². The number of piperazine rings is 1. The van der Waals surface area contributed by atoms with Crippen LogP contribution in [0.5, 0.6) is 0 Å². The zero-order valence-electron chi connectivity index (χ0n) is 11.9. The minimum Gasteiger partial charge on any atom is -0.304 e. The van der Waals surface area contributed by atoms with Gasteiger partial charge in [-0.2, -0.15) is 5.26 Å². The molecule has 0 saturated carbocycles. The van der Waals surface area contributed by atoms with Crippen LogP contribution in [-0.4, -0.2) is 48.6 Å². The molecule has 0 aromatic heterocycles. The maximum atomic E-state index is 13.9. The molecule has 1 unspecified atom stereocenters. The number of halogens is 2. The van der Waals surface area contributed by atoms with Crippen LogP contribution in [0.25, 0.3) is 0 Å². The first-order valence-corrected chi connectivity index (χ1v) is 7.12. The highest BCUT2D eigenvalue weighted by atomic mass is 35.5. The van der Waals surface area contributed by atoms with E-state index >= 15 is 0 Å². The molecule has 3 nitrogen and oxygen atoms in total. The summed E-state index contributed by atoms with van der Waals surface area (Å²) in [4.78, 5) is 4.35. The van der Waals surface area contributed by atoms with Crippen LogP contribution in [0.1, 0.15) is 12.5 Å². The van der Waals surface area contributed by atoms with Gasteiger partial charge in [0.15, 0.2) is 0 Å². The smallest absolute Gasteiger partial charge is 0.127 e. The van der Waals surface area contributed by atoms with Crippen molar-refractivity contribution in [2.75, 3.05) is 33.2 Å². The van der Waals surface area contributed by atoms with Gasteiger partial charge in [0.05, 0.1) is 6.07 Å². The zero-order valence-corrected chi connectivity index (χ0v) is 12.6. The van der Waals surface area contributed by atoms with Crippen LogP contribution in [0.3, 0.4) is 0 Å². The molecule has 1 aliphatic heterocycles. The molecule has 0 radical (unpaired) electrons. The molecule has 0 aliphatic carbocycles. The quantitative estimate of drug-likeness (QED) is 0.858. The molecular formula is C15H19ClFN3. The molecule has 0 N–H and O–H groups in total. The fourth-order valence-electron chi connectivity index (χ4n) is 2.57. The summed E-state index contributed by atoms with van der Waals surface area (Å²) in [7, 11) is 2.06. The molecule has 1 saturated heterocycles. The number of rotatable bonds is 3. The highest BCUT2D eigenvalue weighted by Crippen LogP contribution is 2.27. The summed E-state index contributed by atoms with van der Waals surface area (Å²) in [5.74, 6) is -0.340. The summed E-state index contributed by atoms with van der Waals surface area (Å²) in [5, 5.41) is 9.97. The zero-order chi connectivity index (χ0) is 14.8. The van der Waals surface area contributed by atoms with Crippen LogP contribution in [0, 0.1) is 17.1 Å². The standard InChI is InChI=1S/C15H19ClFN3/c1-15(11-18,20-8-6-19(2)7-9-20)10-12-13(16)4-3-5-14(12)17/h3-5H,6-10H2,1-2H3. The highest BCUT2D eigenvalue weighted by molar-refractivity contribution is 6.31. The van der Waals surface area contributed by atoms with Crippen LogP contribution < -0.4 is 0 Å². The van der Waals surface area contributed by atoms with Gasteiger partial charge in [0, 0.05) is 43.2 Å². The molecule has 5 heteroatoms. The van der Waals surface area contributed by atoms with Crippen molar-refractivity contribution in [3.05, 3.63) is 34.6 Å². The van der Waals surface area contributed by atoms with Crippen LogP contribution in [0.2, 0.25) is 5.02 Å². The fourth-order valence-corrected chi connectivity index (χ4v) is 2.80. The average Bonchev–Trinajstić information content (AvgIpc) is 2.43. The SMILES string of the molecule is CN1CCN(C(C)(C#N)Cc2c(F)cccc2Cl)CC1. The molecule has 20 heavy (non-hydrogen) atoms. The molecule has 2 rings (SSSR count). The predicted molar refractivity (Wildman–Crippen MR) is 78.2 cm³/mol. The Morgan fingerprint density at radius 1 is 1.35 bits per heavy atom. The first kappa shape index (κ1) is 15.2. The van der Waals surface area contributed by atoms with Gasteiger partial charge >= 0.3 is 0 Å². The minimum atomic E-state index is -0.729. The Morgan fingerprint density at radius 3 is 2.55 bits per heavy atom. The van der Waals surface area contributed by atoms with E-state index < -0.39 is 5.54 Å². The molecule has 1 aromatic rings. The van der Waals surface area contributed by atoms with Gasteiger partial charge < -0.3 is 4.90 Å². The molecule has 0 bridgehead atoms. The average molecular weight is 296 g/mol. The van der Waals surface area contributed by atoms with Crippen molar-refractivity contribution in [3.8, 4) is 6.07 Å². The summed E-state index contributed by atoms with van der Waals surface area (Å²) in [6, 6.07) is 6.99. The molecular weight excluding hydrogens is 277 g/mol. The number of nitriles is 1. The third kappa shape index (κ3) is 3.12. The fraction of sp³-hybridized carbons (Fsp3) is 0.533. The molecule has 1 aromatic carbocycles. The third-order valence-corrected chi connectivity index (χ3v) is 4.38. The number of hydrogen-bond acceptors (Lipinski definition) is 3. The van der Waals surface area contributed by atoms with E-state index in [1.165, 1.54) is 6.07 Å². The second-order valence-corrected chi connectivity index (χ2v) is 5.96. The molecule has 1 heterocycles. The van der Waals surface area contributed by atoms with Gasteiger partial charge in [-0.15, -0.1) is 0 Å². The van der Waals surface area contributed by atoms with E-state index in [1.807, 2.05) is 6.92 Å². The van der Waals surface area contributed by atoms with Crippen LogP contribution in [0.4, 0.5) is 4.39 Å². The molecule has 0 amide bonds. The first-order valence-electron chi connectivity index (χ1n) is 6.74. The molecule has 1 atom stereocenters. The van der Waals surface area contributed by atoms with Gasteiger partial charge in [-0.3, -0.25) is 4.90 Å². The highest BCUT2D eigenvalue weighted by Gasteiger charge is 2.35. The van der Waals surface area contributed by atoms with Gasteiger partial charge in [-0.1, -0.05) is 17.7 Å². The van der Waals surface area contributed by atoms with Crippen molar-refractivity contribution in [2.24, 2.45) is 0 Å². The third-order valence-electron chi connectivity index (χ3n) is 4.02. The lowest BCUT2D eigenvalue weighted by atomic mass is 9.91. The van der Waals surface area contributed by atoms with Crippen molar-refractivity contribution in [2.45, 2.75) is 18.9 Å². The number of likely N-dealkylation sites (N-methyl/N-ethyl adjacent to an activating group) is 1. The van der Waals surface area contributed by atoms with Crippen molar-refractivity contribution >= 4 is 11.6 Å². The van der Waals surface area contributed by atoms with Crippen molar-refractivity contribution in [1.29, 1.82) is 5.26 Å². The lowest BCUT2D eigenvalue weighted by molar-refractivity contribution is 0.0831. The van der Waals surface area contributed by atoms with Gasteiger partial charge in [-0.25, -0.2) is 4.39 Å². The van der Waals surface area contributed by atoms with E-state index in [9.17, 15) is 9.65 Å². The summed E-state index contributed by atoms with van der Waals surface area (Å²) < 4.78 is 13.9. The topological polar surface area (TPSA) is 30.3 Å². The van der Waals surface area contributed by atoms with Crippen molar-refractivity contribution in [1.82, 2.24) is 9.80 Å². The molecule has 1 fully saturated rings. The molecule has 0 spiro atoms. The Kier molecular flexibility index (Phi) is 4.64. The summed E-state index contributed by atoms with van der Waals surface area (Å²) in [5.41, 5.74) is -0.301. The second-order valence-electron chi connectivity index (χ2n) is 5.55. The van der Waals surface area contributed by atoms with E-state index in [-0.39, 0.29) is 5.82 Å². The monoisotopic (exact) mass is 295 g/mol. The number of benzene rings is 1. The summed E-state index contributed by atoms with van der Waals surface area (Å²) in [6.45, 7) is 5.32. The van der Waals surface area contributed by atoms with Gasteiger partial charge in [0.25, 0.3) is 0 Å². The number of hydrogen-bond donors (Lipinski definition) is 0. The lowest BCUT2D eigenvalue weighted by Gasteiger charge is -2.41. The van der Waals surface area contributed by atoms with Crippen LogP contribution in [-0.2, 0) is 6.42 Å². The van der Waals surface area contributed by atoms with E-state index in [1.54, 1.807) is 12.1 Å². The summed E-state index contributed by atoms with van der Waals surface area (Å²) in [6.07, 6.45) is 0.304. The van der Waals surface area contributed by atoms with Crippen molar-refractivity contribution in [3.63, 3.8) is 0 Å². The minimum absolute atomic E-state index is 0.304. The van der Waals surface area contributed by atoms with Crippen LogP contribution in [0.15, 0.2) is 18.2 Å². The Hall–Kier alpha value is -1.15. The first-order chi connectivity index (χ1) is 9.46. The maximum Gasteiger partial charge on any atom is 0.127 e. The normalized spacial score (nSPS) is 20.4. The van der Waals surface area contributed by atoms with Crippen LogP contribution >= 0.6 is 11.6 Å². The Morgan fingerprint density at radius 2 is 2.00 bits per heavy atom. The maximum absolute atomic E-state index is 13.9. The molecule has 1 aliphatic rings. The van der Waals surface area contributed by atoms with E-state index in [2.05, 4.69) is 22.9 Å². The largest absolute Gasteiger partial charge is 0.304 e. The second kappa shape index (κ2) is 6.09. The predicted octanol–water partition coefficient (Wildman–Crippen LogP) is 2.55. The van der Waals surface area contributed by atoms with Gasteiger partial charge in [-0.05, 0) is 26.1 Å². The number of nitrogens with zero attached hydrogens (tertiary/aromatic N) is 3.